The van der Waals surface area contributed by atoms with Gasteiger partial charge in [0.05, 0.1) is 0 Å². The third kappa shape index (κ3) is 4.55. The molecule has 0 saturated heterocycles. The molecule has 0 bridgehead atoms. The zero-order valence-corrected chi connectivity index (χ0v) is 14.0. The number of likely N-dealkylation sites (N-methyl/N-ethyl adjacent to an activating group) is 1. The fourth-order valence-electron chi connectivity index (χ4n) is 1.86. The van der Waals surface area contributed by atoms with Crippen LogP contribution in [0.4, 0.5) is 0 Å². The Bertz CT molecular complexity index is 593. The van der Waals surface area contributed by atoms with E-state index in [1.807, 2.05) is 13.8 Å². The molecule has 1 amide bonds. The van der Waals surface area contributed by atoms with Gasteiger partial charge in [0.2, 0.25) is 10.0 Å². The average molecular weight is 316 g/mol. The van der Waals surface area contributed by atoms with Crippen molar-refractivity contribution in [2.24, 2.45) is 7.05 Å². The molecule has 8 heteroatoms. The number of nitrogens with one attached hydrogen (secondary N) is 2. The maximum atomic E-state index is 12.2. The minimum Gasteiger partial charge on any atom is -0.345 e. The molecule has 7 nitrogen and oxygen atoms in total. The number of hydrogen-bond donors (Lipinski definition) is 2. The summed E-state index contributed by atoms with van der Waals surface area (Å²) in [6.45, 7) is 4.93. The van der Waals surface area contributed by atoms with Gasteiger partial charge in [-0.05, 0) is 19.5 Å². The lowest BCUT2D eigenvalue weighted by atomic mass is 10.3. The Morgan fingerprint density at radius 3 is 2.57 bits per heavy atom. The summed E-state index contributed by atoms with van der Waals surface area (Å²) in [7, 11) is 1.28. The lowest BCUT2D eigenvalue weighted by Gasteiger charge is -2.12. The quantitative estimate of drug-likeness (QED) is 0.742. The Morgan fingerprint density at radius 1 is 1.43 bits per heavy atom. The lowest BCUT2D eigenvalue weighted by molar-refractivity contribution is 0.0818. The van der Waals surface area contributed by atoms with Crippen molar-refractivity contribution in [1.29, 1.82) is 0 Å². The summed E-state index contributed by atoms with van der Waals surface area (Å²) in [6, 6.07) is 1.43. The maximum Gasteiger partial charge on any atom is 0.269 e. The van der Waals surface area contributed by atoms with E-state index in [0.717, 1.165) is 6.54 Å². The second kappa shape index (κ2) is 7.06. The summed E-state index contributed by atoms with van der Waals surface area (Å²) in [5.74, 6) is -0.236. The molecule has 0 aliphatic heterocycles. The van der Waals surface area contributed by atoms with Crippen LogP contribution in [0, 0.1) is 0 Å². The number of aryl methyl sites for hydroxylation is 1. The van der Waals surface area contributed by atoms with E-state index in [9.17, 15) is 13.2 Å². The van der Waals surface area contributed by atoms with Crippen LogP contribution in [-0.4, -0.2) is 57.0 Å². The van der Waals surface area contributed by atoms with Crippen LogP contribution in [-0.2, 0) is 17.1 Å². The summed E-state index contributed by atoms with van der Waals surface area (Å²) in [5.41, 5.74) is 0.333. The normalized spacial score (nSPS) is 13.2. The van der Waals surface area contributed by atoms with E-state index in [-0.39, 0.29) is 16.8 Å². The van der Waals surface area contributed by atoms with E-state index < -0.39 is 10.0 Å². The molecule has 0 saturated carbocycles. The van der Waals surface area contributed by atoms with Gasteiger partial charge >= 0.3 is 0 Å². The number of carbonyl (C=O) groups is 1. The third-order valence-corrected chi connectivity index (χ3v) is 4.44. The summed E-state index contributed by atoms with van der Waals surface area (Å²) >= 11 is 0. The number of carbonyl (C=O) groups excluding carboxylic acids is 1. The standard InChI is InChI=1S/C13H24N4O3S/c1-6-14-10(2)8-15-21(19,20)11-7-12(17(5)9-11)13(18)16(3)4/h7,9-10,14-15H,6,8H2,1-5H3/t10-/m1/s1. The first-order chi connectivity index (χ1) is 9.69. The molecule has 0 spiro atoms. The minimum absolute atomic E-state index is 0.0383. The predicted molar refractivity (Wildman–Crippen MR) is 81.8 cm³/mol. The van der Waals surface area contributed by atoms with Crippen molar-refractivity contribution in [3.63, 3.8) is 0 Å². The molecule has 0 radical (unpaired) electrons. The first-order valence-electron chi connectivity index (χ1n) is 6.80. The molecule has 0 aromatic carbocycles. The Labute approximate surface area is 126 Å². The molecule has 1 rings (SSSR count). The summed E-state index contributed by atoms with van der Waals surface area (Å²) in [5, 5.41) is 3.13. The second-order valence-electron chi connectivity index (χ2n) is 5.18. The van der Waals surface area contributed by atoms with Gasteiger partial charge in [-0.1, -0.05) is 6.92 Å². The number of sulfonamides is 1. The molecule has 1 heterocycles. The second-order valence-corrected chi connectivity index (χ2v) is 6.95. The number of amides is 1. The summed E-state index contributed by atoms with van der Waals surface area (Å²) in [4.78, 5) is 13.4. The van der Waals surface area contributed by atoms with Crippen molar-refractivity contribution in [1.82, 2.24) is 19.5 Å². The SMILES string of the molecule is CCN[C@H](C)CNS(=O)(=O)c1cc(C(=O)N(C)C)n(C)c1. The summed E-state index contributed by atoms with van der Waals surface area (Å²) < 4.78 is 28.5. The van der Waals surface area contributed by atoms with Crippen LogP contribution in [0.5, 0.6) is 0 Å². The molecule has 1 atom stereocenters. The van der Waals surface area contributed by atoms with E-state index in [1.54, 1.807) is 21.1 Å². The van der Waals surface area contributed by atoms with Crippen LogP contribution in [0.1, 0.15) is 24.3 Å². The Kier molecular flexibility index (Phi) is 5.94. The van der Waals surface area contributed by atoms with Crippen LogP contribution in [0.3, 0.4) is 0 Å². The third-order valence-electron chi connectivity index (χ3n) is 3.05. The first-order valence-corrected chi connectivity index (χ1v) is 8.28. The van der Waals surface area contributed by atoms with Crippen molar-refractivity contribution >= 4 is 15.9 Å². The molecule has 0 aliphatic carbocycles. The Morgan fingerprint density at radius 2 is 2.05 bits per heavy atom. The number of hydrogen-bond acceptors (Lipinski definition) is 4. The minimum atomic E-state index is -3.62. The van der Waals surface area contributed by atoms with Crippen LogP contribution in [0.25, 0.3) is 0 Å². The van der Waals surface area contributed by atoms with Crippen molar-refractivity contribution in [3.8, 4) is 0 Å². The van der Waals surface area contributed by atoms with Crippen molar-refractivity contribution in [2.75, 3.05) is 27.2 Å². The fraction of sp³-hybridized carbons (Fsp3) is 0.615. The van der Waals surface area contributed by atoms with Gasteiger partial charge in [-0.25, -0.2) is 13.1 Å². The van der Waals surface area contributed by atoms with Gasteiger partial charge in [-0.15, -0.1) is 0 Å². The maximum absolute atomic E-state index is 12.2. The summed E-state index contributed by atoms with van der Waals surface area (Å²) in [6.07, 6.45) is 1.44. The van der Waals surface area contributed by atoms with Gasteiger partial charge in [-0.2, -0.15) is 0 Å². The molecule has 1 aromatic heterocycles. The lowest BCUT2D eigenvalue weighted by Crippen LogP contribution is -2.38. The fourth-order valence-corrected chi connectivity index (χ4v) is 3.06. The van der Waals surface area contributed by atoms with Crippen molar-refractivity contribution in [2.45, 2.75) is 24.8 Å². The highest BCUT2D eigenvalue weighted by atomic mass is 32.2. The van der Waals surface area contributed by atoms with E-state index >= 15 is 0 Å². The molecule has 0 aliphatic rings. The van der Waals surface area contributed by atoms with E-state index in [1.165, 1.54) is 21.7 Å². The number of aromatic nitrogens is 1. The van der Waals surface area contributed by atoms with Crippen molar-refractivity contribution < 1.29 is 13.2 Å². The highest BCUT2D eigenvalue weighted by molar-refractivity contribution is 7.89. The number of rotatable bonds is 7. The van der Waals surface area contributed by atoms with Gasteiger partial charge in [0.15, 0.2) is 0 Å². The van der Waals surface area contributed by atoms with Gasteiger partial charge < -0.3 is 14.8 Å². The largest absolute Gasteiger partial charge is 0.345 e. The van der Waals surface area contributed by atoms with Gasteiger partial charge in [0, 0.05) is 39.9 Å². The zero-order chi connectivity index (χ0) is 16.2. The monoisotopic (exact) mass is 316 g/mol. The topological polar surface area (TPSA) is 83.4 Å². The zero-order valence-electron chi connectivity index (χ0n) is 13.2. The molecular formula is C13H24N4O3S. The van der Waals surface area contributed by atoms with Gasteiger partial charge in [0.25, 0.3) is 5.91 Å². The van der Waals surface area contributed by atoms with E-state index in [2.05, 4.69) is 10.0 Å². The average Bonchev–Trinajstić information content (AvgIpc) is 2.79. The Balaban J connectivity index is 2.90. The highest BCUT2D eigenvalue weighted by Gasteiger charge is 2.21. The van der Waals surface area contributed by atoms with Gasteiger partial charge in [-0.3, -0.25) is 4.79 Å². The first kappa shape index (κ1) is 17.7. The Hall–Kier alpha value is -1.38. The van der Waals surface area contributed by atoms with Crippen LogP contribution in [0.2, 0.25) is 0 Å². The molecular weight excluding hydrogens is 292 g/mol. The molecule has 1 aromatic rings. The smallest absolute Gasteiger partial charge is 0.269 e. The van der Waals surface area contributed by atoms with E-state index in [4.69, 9.17) is 0 Å². The molecule has 2 N–H and O–H groups in total. The number of nitrogens with zero attached hydrogens (tertiary/aromatic N) is 2. The van der Waals surface area contributed by atoms with Crippen LogP contribution in [0.15, 0.2) is 17.2 Å². The van der Waals surface area contributed by atoms with Crippen LogP contribution >= 0.6 is 0 Å². The molecule has 120 valence electrons. The highest BCUT2D eigenvalue weighted by Crippen LogP contribution is 2.14. The van der Waals surface area contributed by atoms with Crippen molar-refractivity contribution in [3.05, 3.63) is 18.0 Å². The predicted octanol–water partition coefficient (Wildman–Crippen LogP) is 0.00320. The molecule has 0 unspecified atom stereocenters. The molecule has 0 fully saturated rings. The van der Waals surface area contributed by atoms with Crippen LogP contribution < -0.4 is 10.0 Å². The van der Waals surface area contributed by atoms with E-state index in [0.29, 0.717) is 12.2 Å². The molecule has 21 heavy (non-hydrogen) atoms. The van der Waals surface area contributed by atoms with Gasteiger partial charge in [0.1, 0.15) is 10.6 Å².